The Morgan fingerprint density at radius 1 is 1.04 bits per heavy atom. The van der Waals surface area contributed by atoms with Crippen LogP contribution in [0.4, 0.5) is 18.9 Å². The highest BCUT2D eigenvalue weighted by atomic mass is 35.5. The largest absolute Gasteiger partial charge is 0.416 e. The van der Waals surface area contributed by atoms with Crippen molar-refractivity contribution in [3.05, 3.63) is 64.7 Å². The summed E-state index contributed by atoms with van der Waals surface area (Å²) in [4.78, 5) is 23.3. The van der Waals surface area contributed by atoms with Crippen LogP contribution in [0, 0.1) is 0 Å². The fourth-order valence-electron chi connectivity index (χ4n) is 1.75. The fourth-order valence-corrected chi connectivity index (χ4v) is 1.94. The molecule has 0 aliphatic carbocycles. The summed E-state index contributed by atoms with van der Waals surface area (Å²) in [5.41, 5.74) is 1.37. The predicted molar refractivity (Wildman–Crippen MR) is 87.3 cm³/mol. The van der Waals surface area contributed by atoms with Gasteiger partial charge in [-0.1, -0.05) is 35.9 Å². The minimum absolute atomic E-state index is 0.162. The van der Waals surface area contributed by atoms with Gasteiger partial charge in [-0.3, -0.25) is 9.59 Å². The van der Waals surface area contributed by atoms with Crippen LogP contribution in [-0.2, 0) is 15.8 Å². The summed E-state index contributed by atoms with van der Waals surface area (Å²) < 4.78 is 37.8. The van der Waals surface area contributed by atoms with Crippen LogP contribution in [0.5, 0.6) is 0 Å². The van der Waals surface area contributed by atoms with Crippen LogP contribution in [0.25, 0.3) is 0 Å². The molecule has 2 aromatic carbocycles. The standard InChI is InChI=1S/C16H11ClF3N3O2/c17-13-7-2-1-4-10(13)9-21-23-15(25)14(24)22-12-6-3-5-11(8-12)16(18,19)20/h1-9H,(H,22,24)(H,23,25)/b21-9-. The van der Waals surface area contributed by atoms with Crippen molar-refractivity contribution in [1.29, 1.82) is 0 Å². The summed E-state index contributed by atoms with van der Waals surface area (Å²) in [6.45, 7) is 0. The zero-order chi connectivity index (χ0) is 18.4. The van der Waals surface area contributed by atoms with Crippen molar-refractivity contribution in [2.24, 2.45) is 5.10 Å². The number of nitrogens with zero attached hydrogens (tertiary/aromatic N) is 1. The van der Waals surface area contributed by atoms with E-state index >= 15 is 0 Å². The van der Waals surface area contributed by atoms with Crippen molar-refractivity contribution >= 4 is 35.3 Å². The summed E-state index contributed by atoms with van der Waals surface area (Å²) in [7, 11) is 0. The van der Waals surface area contributed by atoms with Crippen LogP contribution in [-0.4, -0.2) is 18.0 Å². The molecule has 0 heterocycles. The average molecular weight is 370 g/mol. The Labute approximate surface area is 145 Å². The number of carbonyl (C=O) groups is 2. The van der Waals surface area contributed by atoms with E-state index in [9.17, 15) is 22.8 Å². The lowest BCUT2D eigenvalue weighted by Gasteiger charge is -2.09. The number of hydrazone groups is 1. The number of amides is 2. The molecule has 0 radical (unpaired) electrons. The zero-order valence-corrected chi connectivity index (χ0v) is 13.2. The van der Waals surface area contributed by atoms with E-state index in [4.69, 9.17) is 11.6 Å². The molecule has 0 bridgehead atoms. The van der Waals surface area contributed by atoms with E-state index < -0.39 is 23.6 Å². The van der Waals surface area contributed by atoms with Crippen molar-refractivity contribution in [2.45, 2.75) is 6.18 Å². The van der Waals surface area contributed by atoms with Gasteiger partial charge in [0.15, 0.2) is 0 Å². The van der Waals surface area contributed by atoms with Crippen LogP contribution < -0.4 is 10.7 Å². The zero-order valence-electron chi connectivity index (χ0n) is 12.5. The lowest BCUT2D eigenvalue weighted by atomic mass is 10.2. The number of rotatable bonds is 3. The number of hydrogen-bond acceptors (Lipinski definition) is 3. The molecule has 130 valence electrons. The number of benzene rings is 2. The third-order valence-corrected chi connectivity index (χ3v) is 3.27. The summed E-state index contributed by atoms with van der Waals surface area (Å²) in [5, 5.41) is 6.03. The Morgan fingerprint density at radius 3 is 2.44 bits per heavy atom. The molecule has 9 heteroatoms. The molecule has 25 heavy (non-hydrogen) atoms. The first-order chi connectivity index (χ1) is 11.8. The predicted octanol–water partition coefficient (Wildman–Crippen LogP) is 3.45. The van der Waals surface area contributed by atoms with Crippen LogP contribution in [0.3, 0.4) is 0 Å². The molecule has 0 saturated carbocycles. The van der Waals surface area contributed by atoms with Crippen LogP contribution in [0.15, 0.2) is 53.6 Å². The van der Waals surface area contributed by atoms with Gasteiger partial charge in [0, 0.05) is 16.3 Å². The van der Waals surface area contributed by atoms with Gasteiger partial charge in [-0.2, -0.15) is 18.3 Å². The Kier molecular flexibility index (Phi) is 5.76. The second-order valence-electron chi connectivity index (χ2n) is 4.75. The Balaban J connectivity index is 1.97. The van der Waals surface area contributed by atoms with Crippen molar-refractivity contribution in [1.82, 2.24) is 5.43 Å². The molecular weight excluding hydrogens is 359 g/mol. The molecule has 0 unspecified atom stereocenters. The molecule has 0 spiro atoms. The number of anilines is 1. The first-order valence-electron chi connectivity index (χ1n) is 6.83. The van der Waals surface area contributed by atoms with Crippen molar-refractivity contribution < 1.29 is 22.8 Å². The third-order valence-electron chi connectivity index (χ3n) is 2.93. The number of alkyl halides is 3. The van der Waals surface area contributed by atoms with E-state index in [-0.39, 0.29) is 5.69 Å². The lowest BCUT2D eigenvalue weighted by molar-refractivity contribution is -0.137. The molecule has 0 atom stereocenters. The summed E-state index contributed by atoms with van der Waals surface area (Å²) in [5.74, 6) is -2.30. The van der Waals surface area contributed by atoms with Crippen LogP contribution in [0.2, 0.25) is 5.02 Å². The minimum Gasteiger partial charge on any atom is -0.318 e. The molecule has 5 nitrogen and oxygen atoms in total. The average Bonchev–Trinajstić information content (AvgIpc) is 2.56. The number of halogens is 4. The highest BCUT2D eigenvalue weighted by Crippen LogP contribution is 2.30. The quantitative estimate of drug-likeness (QED) is 0.494. The van der Waals surface area contributed by atoms with E-state index in [0.717, 1.165) is 18.2 Å². The van der Waals surface area contributed by atoms with Gasteiger partial charge in [-0.25, -0.2) is 5.43 Å². The first-order valence-corrected chi connectivity index (χ1v) is 7.21. The number of hydrogen-bond donors (Lipinski definition) is 2. The van der Waals surface area contributed by atoms with Crippen LogP contribution >= 0.6 is 11.6 Å². The Morgan fingerprint density at radius 2 is 1.76 bits per heavy atom. The van der Waals surface area contributed by atoms with Crippen molar-refractivity contribution in [3.63, 3.8) is 0 Å². The number of carbonyl (C=O) groups excluding carboxylic acids is 2. The van der Waals surface area contributed by atoms with Gasteiger partial charge in [-0.15, -0.1) is 0 Å². The van der Waals surface area contributed by atoms with Crippen molar-refractivity contribution in [3.8, 4) is 0 Å². The fraction of sp³-hybridized carbons (Fsp3) is 0.0625. The summed E-state index contributed by atoms with van der Waals surface area (Å²) in [6, 6.07) is 10.6. The van der Waals surface area contributed by atoms with E-state index in [2.05, 4.69) is 10.4 Å². The number of nitrogens with one attached hydrogen (secondary N) is 2. The van der Waals surface area contributed by atoms with E-state index in [0.29, 0.717) is 10.6 Å². The van der Waals surface area contributed by atoms with Gasteiger partial charge in [0.05, 0.1) is 11.8 Å². The van der Waals surface area contributed by atoms with Gasteiger partial charge in [0.2, 0.25) is 0 Å². The lowest BCUT2D eigenvalue weighted by Crippen LogP contribution is -2.32. The van der Waals surface area contributed by atoms with Gasteiger partial charge in [-0.05, 0) is 24.3 Å². The first kappa shape index (κ1) is 18.5. The molecular formula is C16H11ClF3N3O2. The Hall–Kier alpha value is -2.87. The molecule has 0 fully saturated rings. The summed E-state index contributed by atoms with van der Waals surface area (Å²) >= 11 is 5.89. The maximum atomic E-state index is 12.6. The second kappa shape index (κ2) is 7.80. The minimum atomic E-state index is -4.55. The van der Waals surface area contributed by atoms with Gasteiger partial charge < -0.3 is 5.32 Å². The second-order valence-corrected chi connectivity index (χ2v) is 5.16. The van der Waals surface area contributed by atoms with Crippen molar-refractivity contribution in [2.75, 3.05) is 5.32 Å². The van der Waals surface area contributed by atoms with Crippen LogP contribution in [0.1, 0.15) is 11.1 Å². The van der Waals surface area contributed by atoms with Gasteiger partial charge in [0.1, 0.15) is 0 Å². The highest BCUT2D eigenvalue weighted by Gasteiger charge is 2.30. The summed E-state index contributed by atoms with van der Waals surface area (Å²) in [6.07, 6.45) is -3.32. The molecule has 2 N–H and O–H groups in total. The van der Waals surface area contributed by atoms with E-state index in [1.807, 2.05) is 5.43 Å². The van der Waals surface area contributed by atoms with Gasteiger partial charge in [0.25, 0.3) is 0 Å². The molecule has 2 amide bonds. The molecule has 0 aromatic heterocycles. The molecule has 0 aliphatic heterocycles. The highest BCUT2D eigenvalue weighted by molar-refractivity contribution is 6.39. The normalized spacial score (nSPS) is 11.4. The maximum absolute atomic E-state index is 12.6. The monoisotopic (exact) mass is 369 g/mol. The Bertz CT molecular complexity index is 822. The van der Waals surface area contributed by atoms with E-state index in [1.165, 1.54) is 12.3 Å². The van der Waals surface area contributed by atoms with Gasteiger partial charge >= 0.3 is 18.0 Å². The molecule has 0 aliphatic rings. The smallest absolute Gasteiger partial charge is 0.318 e. The third kappa shape index (κ3) is 5.32. The SMILES string of the molecule is O=C(N/N=C\c1ccccc1Cl)C(=O)Nc1cccc(C(F)(F)F)c1. The molecule has 2 rings (SSSR count). The topological polar surface area (TPSA) is 70.6 Å². The molecule has 2 aromatic rings. The van der Waals surface area contributed by atoms with E-state index in [1.54, 1.807) is 24.3 Å². The molecule has 0 saturated heterocycles. The maximum Gasteiger partial charge on any atom is 0.416 e.